The standard InChI is InChI=1S/C15H26F3N3O/c1-20(2)9-11-7-8-21(10-11)14(22)19-13-5-3-12(4-6-13)15(16,17)18/h11-13H,3-10H2,1-2H3,(H,19,22). The lowest BCUT2D eigenvalue weighted by molar-refractivity contribution is -0.182. The summed E-state index contributed by atoms with van der Waals surface area (Å²) >= 11 is 0. The molecule has 0 aromatic heterocycles. The highest BCUT2D eigenvalue weighted by atomic mass is 19.4. The first kappa shape index (κ1) is 17.4. The monoisotopic (exact) mass is 321 g/mol. The predicted octanol–water partition coefficient (Wildman–Crippen LogP) is 2.70. The van der Waals surface area contributed by atoms with Crippen LogP contribution in [0.4, 0.5) is 18.0 Å². The molecule has 0 bridgehead atoms. The van der Waals surface area contributed by atoms with E-state index in [1.807, 2.05) is 14.1 Å². The first-order valence-electron chi connectivity index (χ1n) is 8.02. The Hall–Kier alpha value is -0.980. The van der Waals surface area contributed by atoms with Crippen molar-refractivity contribution in [3.05, 3.63) is 0 Å². The summed E-state index contributed by atoms with van der Waals surface area (Å²) in [4.78, 5) is 16.1. The van der Waals surface area contributed by atoms with Crippen LogP contribution in [0.1, 0.15) is 32.1 Å². The van der Waals surface area contributed by atoms with Gasteiger partial charge in [0.05, 0.1) is 5.92 Å². The summed E-state index contributed by atoms with van der Waals surface area (Å²) in [6.07, 6.45) is -2.01. The van der Waals surface area contributed by atoms with Gasteiger partial charge >= 0.3 is 12.2 Å². The Balaban J connectivity index is 1.73. The number of carbonyl (C=O) groups is 1. The van der Waals surface area contributed by atoms with Crippen LogP contribution in [0.5, 0.6) is 0 Å². The molecule has 4 nitrogen and oxygen atoms in total. The van der Waals surface area contributed by atoms with Crippen molar-refractivity contribution in [2.45, 2.75) is 44.3 Å². The minimum atomic E-state index is -4.09. The molecular formula is C15H26F3N3O. The van der Waals surface area contributed by atoms with E-state index in [0.717, 1.165) is 26.1 Å². The maximum Gasteiger partial charge on any atom is 0.391 e. The van der Waals surface area contributed by atoms with E-state index in [1.165, 1.54) is 0 Å². The Morgan fingerprint density at radius 3 is 2.36 bits per heavy atom. The molecule has 1 atom stereocenters. The average molecular weight is 321 g/mol. The Morgan fingerprint density at radius 1 is 1.18 bits per heavy atom. The fourth-order valence-corrected chi connectivity index (χ4v) is 3.51. The Labute approximate surface area is 130 Å². The molecule has 1 heterocycles. The molecule has 2 amide bonds. The van der Waals surface area contributed by atoms with Crippen LogP contribution in [-0.4, -0.2) is 61.8 Å². The summed E-state index contributed by atoms with van der Waals surface area (Å²) in [5.41, 5.74) is 0. The van der Waals surface area contributed by atoms with Crippen LogP contribution in [0.25, 0.3) is 0 Å². The molecule has 2 fully saturated rings. The summed E-state index contributed by atoms with van der Waals surface area (Å²) in [5, 5.41) is 2.91. The number of nitrogens with one attached hydrogen (secondary N) is 1. The van der Waals surface area contributed by atoms with Gasteiger partial charge in [-0.05, 0) is 52.1 Å². The molecule has 22 heavy (non-hydrogen) atoms. The van der Waals surface area contributed by atoms with Crippen molar-refractivity contribution < 1.29 is 18.0 Å². The summed E-state index contributed by atoms with van der Waals surface area (Å²) in [6.45, 7) is 2.44. The zero-order chi connectivity index (χ0) is 16.3. The van der Waals surface area contributed by atoms with Crippen molar-refractivity contribution in [1.29, 1.82) is 0 Å². The van der Waals surface area contributed by atoms with Gasteiger partial charge in [-0.25, -0.2) is 4.79 Å². The van der Waals surface area contributed by atoms with E-state index in [4.69, 9.17) is 0 Å². The minimum Gasteiger partial charge on any atom is -0.335 e. The minimum absolute atomic E-state index is 0.112. The van der Waals surface area contributed by atoms with Gasteiger partial charge in [0.25, 0.3) is 0 Å². The first-order chi connectivity index (χ1) is 10.3. The second-order valence-electron chi connectivity index (χ2n) is 6.90. The number of hydrogen-bond acceptors (Lipinski definition) is 2. The molecule has 1 unspecified atom stereocenters. The zero-order valence-electron chi connectivity index (χ0n) is 13.3. The number of likely N-dealkylation sites (tertiary alicyclic amines) is 1. The Morgan fingerprint density at radius 2 is 1.82 bits per heavy atom. The molecular weight excluding hydrogens is 295 g/mol. The van der Waals surface area contributed by atoms with Crippen molar-refractivity contribution in [1.82, 2.24) is 15.1 Å². The molecule has 1 saturated heterocycles. The number of nitrogens with zero attached hydrogens (tertiary/aromatic N) is 2. The topological polar surface area (TPSA) is 35.6 Å². The van der Waals surface area contributed by atoms with Gasteiger partial charge in [0, 0.05) is 25.7 Å². The molecule has 2 rings (SSSR count). The summed E-state index contributed by atoms with van der Waals surface area (Å²) in [7, 11) is 4.03. The van der Waals surface area contributed by atoms with Gasteiger partial charge in [0.1, 0.15) is 0 Å². The Kier molecular flexibility index (Phi) is 5.58. The van der Waals surface area contributed by atoms with E-state index in [9.17, 15) is 18.0 Å². The Bertz CT molecular complexity index is 379. The highest BCUT2D eigenvalue weighted by Gasteiger charge is 2.41. The van der Waals surface area contributed by atoms with Crippen LogP contribution in [-0.2, 0) is 0 Å². The fourth-order valence-electron chi connectivity index (χ4n) is 3.51. The molecule has 128 valence electrons. The summed E-state index contributed by atoms with van der Waals surface area (Å²) < 4.78 is 37.9. The lowest BCUT2D eigenvalue weighted by atomic mass is 9.85. The van der Waals surface area contributed by atoms with Gasteiger partial charge in [0.15, 0.2) is 0 Å². The second kappa shape index (κ2) is 7.06. The lowest BCUT2D eigenvalue weighted by Crippen LogP contribution is -2.46. The first-order valence-corrected chi connectivity index (χ1v) is 8.02. The number of carbonyl (C=O) groups excluding carboxylic acids is 1. The van der Waals surface area contributed by atoms with Crippen LogP contribution in [0.3, 0.4) is 0 Å². The van der Waals surface area contributed by atoms with Crippen LogP contribution in [0, 0.1) is 11.8 Å². The van der Waals surface area contributed by atoms with Gasteiger partial charge in [-0.1, -0.05) is 0 Å². The number of alkyl halides is 3. The maximum absolute atomic E-state index is 12.6. The number of halogens is 3. The summed E-state index contributed by atoms with van der Waals surface area (Å²) in [6, 6.07) is -0.226. The number of rotatable bonds is 3. The third-order valence-corrected chi connectivity index (χ3v) is 4.71. The predicted molar refractivity (Wildman–Crippen MR) is 78.6 cm³/mol. The number of amides is 2. The quantitative estimate of drug-likeness (QED) is 0.867. The second-order valence-corrected chi connectivity index (χ2v) is 6.90. The average Bonchev–Trinajstić information content (AvgIpc) is 2.86. The number of hydrogen-bond donors (Lipinski definition) is 1. The molecule has 0 aromatic rings. The largest absolute Gasteiger partial charge is 0.391 e. The molecule has 1 saturated carbocycles. The van der Waals surface area contributed by atoms with Gasteiger partial charge in [0.2, 0.25) is 0 Å². The molecule has 0 spiro atoms. The van der Waals surface area contributed by atoms with Crippen LogP contribution in [0.2, 0.25) is 0 Å². The van der Waals surface area contributed by atoms with Crippen LogP contribution in [0.15, 0.2) is 0 Å². The third kappa shape index (κ3) is 4.76. The van der Waals surface area contributed by atoms with Gasteiger partial charge in [-0.3, -0.25) is 0 Å². The molecule has 2 aliphatic rings. The van der Waals surface area contributed by atoms with Crippen molar-refractivity contribution in [2.75, 3.05) is 33.7 Å². The number of urea groups is 1. The highest BCUT2D eigenvalue weighted by molar-refractivity contribution is 5.74. The van der Waals surface area contributed by atoms with Crippen molar-refractivity contribution in [2.24, 2.45) is 11.8 Å². The SMILES string of the molecule is CN(C)CC1CCN(C(=O)NC2CCC(C(F)(F)F)CC2)C1. The van der Waals surface area contributed by atoms with Crippen molar-refractivity contribution >= 4 is 6.03 Å². The van der Waals surface area contributed by atoms with E-state index >= 15 is 0 Å². The van der Waals surface area contributed by atoms with E-state index in [1.54, 1.807) is 4.90 Å². The van der Waals surface area contributed by atoms with Crippen LogP contribution < -0.4 is 5.32 Å². The van der Waals surface area contributed by atoms with Crippen molar-refractivity contribution in [3.8, 4) is 0 Å². The van der Waals surface area contributed by atoms with Crippen molar-refractivity contribution in [3.63, 3.8) is 0 Å². The normalized spacial score (nSPS) is 29.9. The third-order valence-electron chi connectivity index (χ3n) is 4.71. The van der Waals surface area contributed by atoms with Gasteiger partial charge in [-0.2, -0.15) is 13.2 Å². The maximum atomic E-state index is 12.6. The highest BCUT2D eigenvalue weighted by Crippen LogP contribution is 2.37. The molecule has 1 aliphatic carbocycles. The van der Waals surface area contributed by atoms with E-state index in [-0.39, 0.29) is 24.9 Å². The van der Waals surface area contributed by atoms with Gasteiger partial charge < -0.3 is 15.1 Å². The lowest BCUT2D eigenvalue weighted by Gasteiger charge is -2.31. The van der Waals surface area contributed by atoms with Gasteiger partial charge in [-0.15, -0.1) is 0 Å². The van der Waals surface area contributed by atoms with E-state index in [2.05, 4.69) is 10.2 Å². The molecule has 1 N–H and O–H groups in total. The smallest absolute Gasteiger partial charge is 0.335 e. The molecule has 1 aliphatic heterocycles. The zero-order valence-corrected chi connectivity index (χ0v) is 13.3. The van der Waals surface area contributed by atoms with Crippen LogP contribution >= 0.6 is 0 Å². The molecule has 0 radical (unpaired) electrons. The van der Waals surface area contributed by atoms with E-state index < -0.39 is 12.1 Å². The fraction of sp³-hybridized carbons (Fsp3) is 0.933. The van der Waals surface area contributed by atoms with E-state index in [0.29, 0.717) is 18.8 Å². The molecule has 7 heteroatoms. The summed E-state index contributed by atoms with van der Waals surface area (Å²) in [5.74, 6) is -0.710. The molecule has 0 aromatic carbocycles.